The average molecular weight is 233 g/mol. The van der Waals surface area contributed by atoms with E-state index in [1.807, 2.05) is 6.92 Å². The maximum atomic E-state index is 10.5. The summed E-state index contributed by atoms with van der Waals surface area (Å²) >= 11 is 11.6. The van der Waals surface area contributed by atoms with E-state index in [-0.39, 0.29) is 12.3 Å². The van der Waals surface area contributed by atoms with Crippen LogP contribution in [0.15, 0.2) is 18.2 Å². The van der Waals surface area contributed by atoms with E-state index in [1.54, 1.807) is 18.2 Å². The summed E-state index contributed by atoms with van der Waals surface area (Å²) in [5.74, 6) is -0.905. The molecular weight excluding hydrogens is 223 g/mol. The van der Waals surface area contributed by atoms with E-state index in [0.717, 1.165) is 5.56 Å². The Morgan fingerprint density at radius 3 is 2.29 bits per heavy atom. The SMILES string of the molecule is C[C@H](CC(=O)O)c1cc(Cl)cc(Cl)c1. The minimum absolute atomic E-state index is 0.0799. The van der Waals surface area contributed by atoms with Crippen molar-refractivity contribution in [1.82, 2.24) is 0 Å². The van der Waals surface area contributed by atoms with Gasteiger partial charge >= 0.3 is 5.97 Å². The van der Waals surface area contributed by atoms with Crippen LogP contribution in [-0.2, 0) is 4.79 Å². The quantitative estimate of drug-likeness (QED) is 0.866. The van der Waals surface area contributed by atoms with Crippen LogP contribution in [-0.4, -0.2) is 11.1 Å². The highest BCUT2D eigenvalue weighted by Gasteiger charge is 2.11. The van der Waals surface area contributed by atoms with Crippen LogP contribution in [0.5, 0.6) is 0 Å². The number of rotatable bonds is 3. The summed E-state index contributed by atoms with van der Waals surface area (Å²) in [7, 11) is 0. The minimum Gasteiger partial charge on any atom is -0.481 e. The van der Waals surface area contributed by atoms with E-state index in [2.05, 4.69) is 0 Å². The van der Waals surface area contributed by atoms with E-state index in [1.165, 1.54) is 0 Å². The van der Waals surface area contributed by atoms with Crippen LogP contribution >= 0.6 is 23.2 Å². The first-order valence-corrected chi connectivity index (χ1v) is 4.92. The lowest BCUT2D eigenvalue weighted by Gasteiger charge is -2.09. The Balaban J connectivity index is 2.89. The summed E-state index contributed by atoms with van der Waals surface area (Å²) in [5, 5.41) is 9.68. The fourth-order valence-corrected chi connectivity index (χ4v) is 1.78. The van der Waals surface area contributed by atoms with Gasteiger partial charge in [-0.1, -0.05) is 30.1 Å². The molecule has 0 radical (unpaired) electrons. The van der Waals surface area contributed by atoms with Crippen molar-refractivity contribution in [3.8, 4) is 0 Å². The third-order valence-corrected chi connectivity index (χ3v) is 2.37. The third-order valence-electron chi connectivity index (χ3n) is 1.93. The zero-order valence-electron chi connectivity index (χ0n) is 7.63. The molecule has 1 rings (SSSR count). The third kappa shape index (κ3) is 3.20. The molecule has 76 valence electrons. The van der Waals surface area contributed by atoms with E-state index in [4.69, 9.17) is 28.3 Å². The monoisotopic (exact) mass is 232 g/mol. The Kier molecular flexibility index (Phi) is 3.78. The van der Waals surface area contributed by atoms with Crippen LogP contribution in [0.2, 0.25) is 10.0 Å². The molecule has 0 bridgehead atoms. The summed E-state index contributed by atoms with van der Waals surface area (Å²) in [6, 6.07) is 5.10. The molecule has 0 aliphatic carbocycles. The van der Waals surface area contributed by atoms with Crippen LogP contribution in [0.3, 0.4) is 0 Å². The molecule has 0 heterocycles. The molecule has 0 unspecified atom stereocenters. The lowest BCUT2D eigenvalue weighted by molar-refractivity contribution is -0.137. The number of aliphatic carboxylic acids is 1. The summed E-state index contributed by atoms with van der Waals surface area (Å²) < 4.78 is 0. The Labute approximate surface area is 92.5 Å². The number of benzene rings is 1. The number of hydrogen-bond acceptors (Lipinski definition) is 1. The Morgan fingerprint density at radius 2 is 1.86 bits per heavy atom. The zero-order chi connectivity index (χ0) is 10.7. The molecule has 0 aliphatic rings. The lowest BCUT2D eigenvalue weighted by atomic mass is 9.98. The van der Waals surface area contributed by atoms with E-state index >= 15 is 0 Å². The van der Waals surface area contributed by atoms with Crippen molar-refractivity contribution in [3.05, 3.63) is 33.8 Å². The van der Waals surface area contributed by atoms with E-state index in [0.29, 0.717) is 10.0 Å². The predicted octanol–water partition coefficient (Wildman–Crippen LogP) is 3.57. The van der Waals surface area contributed by atoms with Crippen LogP contribution in [0, 0.1) is 0 Å². The van der Waals surface area contributed by atoms with Gasteiger partial charge < -0.3 is 5.11 Å². The largest absolute Gasteiger partial charge is 0.481 e. The summed E-state index contributed by atoms with van der Waals surface area (Å²) in [4.78, 5) is 10.5. The topological polar surface area (TPSA) is 37.3 Å². The number of hydrogen-bond donors (Lipinski definition) is 1. The minimum atomic E-state index is -0.825. The van der Waals surface area contributed by atoms with E-state index < -0.39 is 5.97 Å². The molecule has 1 aromatic carbocycles. The molecule has 1 atom stereocenters. The predicted molar refractivity (Wildman–Crippen MR) is 57.1 cm³/mol. The standard InChI is InChI=1S/C10H10Cl2O2/c1-6(2-10(13)14)7-3-8(11)5-9(12)4-7/h3-6H,2H2,1H3,(H,13,14)/t6-/m1/s1. The molecule has 2 nitrogen and oxygen atoms in total. The van der Waals surface area contributed by atoms with Crippen molar-refractivity contribution >= 4 is 29.2 Å². The molecule has 0 spiro atoms. The van der Waals surface area contributed by atoms with Gasteiger partial charge in [0.15, 0.2) is 0 Å². The first-order chi connectivity index (χ1) is 6.49. The smallest absolute Gasteiger partial charge is 0.303 e. The van der Waals surface area contributed by atoms with Gasteiger partial charge in [0.25, 0.3) is 0 Å². The molecular formula is C10H10Cl2O2. The highest BCUT2D eigenvalue weighted by Crippen LogP contribution is 2.26. The first-order valence-electron chi connectivity index (χ1n) is 4.17. The Hall–Kier alpha value is -0.730. The van der Waals surface area contributed by atoms with Crippen molar-refractivity contribution < 1.29 is 9.90 Å². The van der Waals surface area contributed by atoms with Gasteiger partial charge in [0, 0.05) is 10.0 Å². The van der Waals surface area contributed by atoms with E-state index in [9.17, 15) is 4.79 Å². The molecule has 0 fully saturated rings. The summed E-state index contributed by atoms with van der Waals surface area (Å²) in [6.45, 7) is 1.83. The van der Waals surface area contributed by atoms with Gasteiger partial charge in [-0.05, 0) is 29.7 Å². The molecule has 4 heteroatoms. The molecule has 0 amide bonds. The molecule has 1 aromatic rings. The number of carboxylic acid groups (broad SMARTS) is 1. The fourth-order valence-electron chi connectivity index (χ4n) is 1.24. The normalized spacial score (nSPS) is 12.5. The maximum absolute atomic E-state index is 10.5. The number of carboxylic acids is 1. The second-order valence-electron chi connectivity index (χ2n) is 3.20. The highest BCUT2D eigenvalue weighted by molar-refractivity contribution is 6.34. The fraction of sp³-hybridized carbons (Fsp3) is 0.300. The summed E-state index contributed by atoms with van der Waals surface area (Å²) in [6.07, 6.45) is 0.0800. The van der Waals surface area contributed by atoms with Crippen molar-refractivity contribution in [3.63, 3.8) is 0 Å². The van der Waals surface area contributed by atoms with Crippen LogP contribution in [0.4, 0.5) is 0 Å². The molecule has 1 N–H and O–H groups in total. The van der Waals surface area contributed by atoms with Gasteiger partial charge in [-0.2, -0.15) is 0 Å². The Morgan fingerprint density at radius 1 is 1.36 bits per heavy atom. The van der Waals surface area contributed by atoms with Gasteiger partial charge in [-0.25, -0.2) is 0 Å². The molecule has 0 aliphatic heterocycles. The van der Waals surface area contributed by atoms with Gasteiger partial charge in [0.05, 0.1) is 6.42 Å². The number of carbonyl (C=O) groups is 1. The second kappa shape index (κ2) is 4.67. The van der Waals surface area contributed by atoms with Gasteiger partial charge in [0.1, 0.15) is 0 Å². The van der Waals surface area contributed by atoms with Crippen LogP contribution < -0.4 is 0 Å². The van der Waals surface area contributed by atoms with Crippen molar-refractivity contribution in [2.45, 2.75) is 19.3 Å². The van der Waals surface area contributed by atoms with Crippen molar-refractivity contribution in [2.24, 2.45) is 0 Å². The van der Waals surface area contributed by atoms with Crippen molar-refractivity contribution in [1.29, 1.82) is 0 Å². The van der Waals surface area contributed by atoms with Gasteiger partial charge in [0.2, 0.25) is 0 Å². The maximum Gasteiger partial charge on any atom is 0.303 e. The number of halogens is 2. The van der Waals surface area contributed by atoms with Crippen LogP contribution in [0.1, 0.15) is 24.8 Å². The molecule has 0 saturated heterocycles. The zero-order valence-corrected chi connectivity index (χ0v) is 9.14. The average Bonchev–Trinajstić information content (AvgIpc) is 2.00. The molecule has 0 aromatic heterocycles. The highest BCUT2D eigenvalue weighted by atomic mass is 35.5. The first kappa shape index (κ1) is 11.3. The van der Waals surface area contributed by atoms with Gasteiger partial charge in [-0.15, -0.1) is 0 Å². The lowest BCUT2D eigenvalue weighted by Crippen LogP contribution is -2.02. The van der Waals surface area contributed by atoms with Crippen LogP contribution in [0.25, 0.3) is 0 Å². The molecule has 14 heavy (non-hydrogen) atoms. The van der Waals surface area contributed by atoms with Gasteiger partial charge in [-0.3, -0.25) is 4.79 Å². The molecule has 0 saturated carbocycles. The second-order valence-corrected chi connectivity index (χ2v) is 4.07. The van der Waals surface area contributed by atoms with Crippen molar-refractivity contribution in [2.75, 3.05) is 0 Å². The Bertz CT molecular complexity index is 330. The summed E-state index contributed by atoms with van der Waals surface area (Å²) in [5.41, 5.74) is 0.852.